The second-order valence-corrected chi connectivity index (χ2v) is 6.98. The number of hydrogen-bond donors (Lipinski definition) is 0. The third kappa shape index (κ3) is 3.91. The summed E-state index contributed by atoms with van der Waals surface area (Å²) in [5.41, 5.74) is 0. The molecule has 0 fully saturated rings. The molecule has 0 aliphatic carbocycles. The van der Waals surface area contributed by atoms with Crippen molar-refractivity contribution in [1.82, 2.24) is 4.31 Å². The maximum absolute atomic E-state index is 12.7. The minimum Gasteiger partial charge on any atom is -0.209 e. The second kappa shape index (κ2) is 5.47. The lowest BCUT2D eigenvalue weighted by Gasteiger charge is -2.16. The van der Waals surface area contributed by atoms with E-state index in [1.54, 1.807) is 0 Å². The summed E-state index contributed by atoms with van der Waals surface area (Å²) in [5.74, 6) is 0. The van der Waals surface area contributed by atoms with E-state index in [9.17, 15) is 29.5 Å². The van der Waals surface area contributed by atoms with Gasteiger partial charge in [-0.25, -0.2) is 17.2 Å². The van der Waals surface area contributed by atoms with Crippen LogP contribution in [0.15, 0.2) is 34.1 Å². The Bertz CT molecular complexity index is 658. The molecule has 10 heteroatoms. The molecule has 0 saturated heterocycles. The van der Waals surface area contributed by atoms with Crippen LogP contribution in [-0.4, -0.2) is 41.2 Å². The SMILES string of the molecule is CN(CC(F)F)S(=O)(=O)c1cccc(S(=O)(=O)F)c1. The molecule has 0 bridgehead atoms. The van der Waals surface area contributed by atoms with E-state index in [-0.39, 0.29) is 0 Å². The summed E-state index contributed by atoms with van der Waals surface area (Å²) >= 11 is 0. The number of benzene rings is 1. The number of sulfonamides is 1. The van der Waals surface area contributed by atoms with Gasteiger partial charge in [0.05, 0.1) is 16.3 Å². The van der Waals surface area contributed by atoms with Crippen LogP contribution >= 0.6 is 0 Å². The molecule has 108 valence electrons. The van der Waals surface area contributed by atoms with Gasteiger partial charge in [0.15, 0.2) is 0 Å². The maximum Gasteiger partial charge on any atom is 0.332 e. The van der Waals surface area contributed by atoms with Crippen LogP contribution < -0.4 is 0 Å². The van der Waals surface area contributed by atoms with Crippen LogP contribution in [0.25, 0.3) is 0 Å². The van der Waals surface area contributed by atoms with Crippen molar-refractivity contribution in [2.45, 2.75) is 16.2 Å². The summed E-state index contributed by atoms with van der Waals surface area (Å²) in [5, 5.41) is 0. The van der Waals surface area contributed by atoms with Crippen molar-refractivity contribution >= 4 is 20.2 Å². The molecule has 0 atom stereocenters. The number of rotatable bonds is 5. The maximum atomic E-state index is 12.7. The van der Waals surface area contributed by atoms with E-state index in [0.29, 0.717) is 10.4 Å². The number of hydrogen-bond acceptors (Lipinski definition) is 4. The summed E-state index contributed by atoms with van der Waals surface area (Å²) < 4.78 is 82.4. The van der Waals surface area contributed by atoms with E-state index in [0.717, 1.165) is 25.2 Å². The van der Waals surface area contributed by atoms with Gasteiger partial charge in [-0.05, 0) is 18.2 Å². The first kappa shape index (κ1) is 15.9. The number of nitrogens with zero attached hydrogens (tertiary/aromatic N) is 1. The van der Waals surface area contributed by atoms with E-state index in [1.807, 2.05) is 0 Å². The highest BCUT2D eigenvalue weighted by molar-refractivity contribution is 7.89. The van der Waals surface area contributed by atoms with Crippen molar-refractivity contribution in [3.8, 4) is 0 Å². The van der Waals surface area contributed by atoms with E-state index in [2.05, 4.69) is 0 Å². The van der Waals surface area contributed by atoms with Gasteiger partial charge in [-0.15, -0.1) is 3.89 Å². The minimum atomic E-state index is -5.07. The molecular weight excluding hydrogens is 307 g/mol. The van der Waals surface area contributed by atoms with Crippen molar-refractivity contribution in [2.75, 3.05) is 13.6 Å². The van der Waals surface area contributed by atoms with Gasteiger partial charge in [0.2, 0.25) is 10.0 Å². The molecule has 1 rings (SSSR count). The molecular formula is C9H10F3NO4S2. The molecule has 0 aliphatic rings. The lowest BCUT2D eigenvalue weighted by molar-refractivity contribution is 0.126. The highest BCUT2D eigenvalue weighted by Crippen LogP contribution is 2.20. The third-order valence-electron chi connectivity index (χ3n) is 2.19. The van der Waals surface area contributed by atoms with Gasteiger partial charge >= 0.3 is 10.2 Å². The summed E-state index contributed by atoms with van der Waals surface area (Å²) in [6.45, 7) is -1.05. The quantitative estimate of drug-likeness (QED) is 0.766. The molecule has 0 spiro atoms. The van der Waals surface area contributed by atoms with Crippen molar-refractivity contribution in [1.29, 1.82) is 0 Å². The minimum absolute atomic E-state index is 0.363. The van der Waals surface area contributed by atoms with Gasteiger partial charge in [0.1, 0.15) is 0 Å². The zero-order valence-electron chi connectivity index (χ0n) is 9.62. The van der Waals surface area contributed by atoms with Crippen LogP contribution in [0.2, 0.25) is 0 Å². The number of halogens is 3. The summed E-state index contributed by atoms with van der Waals surface area (Å²) in [4.78, 5) is -1.42. The van der Waals surface area contributed by atoms with Crippen molar-refractivity contribution in [2.24, 2.45) is 0 Å². The van der Waals surface area contributed by atoms with Crippen LogP contribution in [0.5, 0.6) is 0 Å². The summed E-state index contributed by atoms with van der Waals surface area (Å²) in [7, 11) is -8.45. The molecule has 19 heavy (non-hydrogen) atoms. The van der Waals surface area contributed by atoms with Crippen LogP contribution in [0, 0.1) is 0 Å². The Morgan fingerprint density at radius 2 is 1.68 bits per heavy atom. The molecule has 0 unspecified atom stereocenters. The Labute approximate surface area is 108 Å². The molecule has 0 radical (unpaired) electrons. The Hall–Kier alpha value is -1.13. The first-order chi connectivity index (χ1) is 8.55. The third-order valence-corrected chi connectivity index (χ3v) is 4.83. The van der Waals surface area contributed by atoms with Crippen LogP contribution in [0.3, 0.4) is 0 Å². The Morgan fingerprint density at radius 3 is 2.16 bits per heavy atom. The van der Waals surface area contributed by atoms with Gasteiger partial charge in [-0.2, -0.15) is 12.7 Å². The fraction of sp³-hybridized carbons (Fsp3) is 0.333. The first-order valence-corrected chi connectivity index (χ1v) is 7.66. The molecule has 0 aromatic heterocycles. The molecule has 0 amide bonds. The van der Waals surface area contributed by atoms with E-state index in [4.69, 9.17) is 0 Å². The van der Waals surface area contributed by atoms with Gasteiger partial charge in [-0.3, -0.25) is 0 Å². The van der Waals surface area contributed by atoms with Crippen LogP contribution in [0.1, 0.15) is 0 Å². The average Bonchev–Trinajstić information content (AvgIpc) is 2.27. The monoisotopic (exact) mass is 317 g/mol. The van der Waals surface area contributed by atoms with Crippen molar-refractivity contribution < 1.29 is 29.5 Å². The molecule has 0 saturated carbocycles. The smallest absolute Gasteiger partial charge is 0.209 e. The van der Waals surface area contributed by atoms with Gasteiger partial charge in [0.25, 0.3) is 6.43 Å². The van der Waals surface area contributed by atoms with E-state index < -0.39 is 43.0 Å². The normalized spacial score (nSPS) is 13.2. The Kier molecular flexibility index (Phi) is 4.59. The summed E-state index contributed by atoms with van der Waals surface area (Å²) in [6.07, 6.45) is -2.88. The molecule has 0 aliphatic heterocycles. The standard InChI is InChI=1S/C9H10F3NO4S2/c1-13(6-9(10)11)19(16,17)8-4-2-3-7(5-8)18(12,14)15/h2-5,9H,6H2,1H3. The average molecular weight is 317 g/mol. The number of alkyl halides is 2. The topological polar surface area (TPSA) is 71.5 Å². The zero-order chi connectivity index (χ0) is 14.8. The molecule has 0 heterocycles. The molecule has 1 aromatic carbocycles. The zero-order valence-corrected chi connectivity index (χ0v) is 11.3. The highest BCUT2D eigenvalue weighted by Gasteiger charge is 2.25. The predicted octanol–water partition coefficient (Wildman–Crippen LogP) is 1.23. The predicted molar refractivity (Wildman–Crippen MR) is 60.6 cm³/mol. The molecule has 5 nitrogen and oxygen atoms in total. The van der Waals surface area contributed by atoms with Crippen LogP contribution in [-0.2, 0) is 20.2 Å². The summed E-state index contributed by atoms with van der Waals surface area (Å²) in [6, 6.07) is 3.44. The second-order valence-electron chi connectivity index (χ2n) is 3.59. The van der Waals surface area contributed by atoms with Gasteiger partial charge in [-0.1, -0.05) is 6.07 Å². The molecule has 1 aromatic rings. The fourth-order valence-corrected chi connectivity index (χ4v) is 3.04. The lowest BCUT2D eigenvalue weighted by atomic mass is 10.4. The fourth-order valence-electron chi connectivity index (χ4n) is 1.26. The van der Waals surface area contributed by atoms with Crippen molar-refractivity contribution in [3.63, 3.8) is 0 Å². The van der Waals surface area contributed by atoms with Crippen LogP contribution in [0.4, 0.5) is 12.7 Å². The van der Waals surface area contributed by atoms with Gasteiger partial charge < -0.3 is 0 Å². The lowest BCUT2D eigenvalue weighted by Crippen LogP contribution is -2.31. The first-order valence-electron chi connectivity index (χ1n) is 4.84. The Balaban J connectivity index is 3.23. The van der Waals surface area contributed by atoms with E-state index >= 15 is 0 Å². The van der Waals surface area contributed by atoms with E-state index in [1.165, 1.54) is 0 Å². The molecule has 0 N–H and O–H groups in total. The highest BCUT2D eigenvalue weighted by atomic mass is 32.3. The van der Waals surface area contributed by atoms with Gasteiger partial charge in [0, 0.05) is 7.05 Å². The largest absolute Gasteiger partial charge is 0.332 e. The Morgan fingerprint density at radius 1 is 1.16 bits per heavy atom. The van der Waals surface area contributed by atoms with Crippen molar-refractivity contribution in [3.05, 3.63) is 24.3 Å².